The molecule has 4 nitrogen and oxygen atoms in total. The number of nitrogens with one attached hydrogen (secondary N) is 1. The van der Waals surface area contributed by atoms with Crippen molar-refractivity contribution < 1.29 is 9.53 Å². The second-order valence-corrected chi connectivity index (χ2v) is 7.44. The molecule has 0 fully saturated rings. The van der Waals surface area contributed by atoms with Gasteiger partial charge < -0.3 is 4.74 Å². The van der Waals surface area contributed by atoms with Gasteiger partial charge in [0.2, 0.25) is 5.91 Å². The summed E-state index contributed by atoms with van der Waals surface area (Å²) in [5, 5.41) is 4.72. The quantitative estimate of drug-likeness (QED) is 0.383. The molecule has 3 rings (SSSR count). The minimum atomic E-state index is -0.172. The number of halogens is 2. The highest BCUT2D eigenvalue weighted by Crippen LogP contribution is 2.16. The van der Waals surface area contributed by atoms with Crippen molar-refractivity contribution in [3.05, 3.63) is 99.0 Å². The van der Waals surface area contributed by atoms with Gasteiger partial charge in [0.05, 0.1) is 12.6 Å². The minimum absolute atomic E-state index is 0.172. The average molecular weight is 458 g/mol. The second kappa shape index (κ2) is 10.1. The molecule has 0 saturated heterocycles. The lowest BCUT2D eigenvalue weighted by Crippen LogP contribution is -2.19. The number of hydrazone groups is 1. The van der Waals surface area contributed by atoms with Crippen LogP contribution in [0.2, 0.25) is 5.02 Å². The summed E-state index contributed by atoms with van der Waals surface area (Å²) >= 11 is 9.26. The Bertz CT molecular complexity index is 957. The first-order chi connectivity index (χ1) is 13.6. The Hall–Kier alpha value is -2.63. The fraction of sp³-hybridized carbons (Fsp3) is 0.0909. The Morgan fingerprint density at radius 1 is 1.04 bits per heavy atom. The largest absolute Gasteiger partial charge is 0.489 e. The van der Waals surface area contributed by atoms with Crippen molar-refractivity contribution in [2.75, 3.05) is 0 Å². The number of hydrogen-bond acceptors (Lipinski definition) is 3. The number of nitrogens with zero attached hydrogens (tertiary/aromatic N) is 1. The lowest BCUT2D eigenvalue weighted by molar-refractivity contribution is -0.120. The Morgan fingerprint density at radius 3 is 2.50 bits per heavy atom. The highest BCUT2D eigenvalue weighted by Gasteiger charge is 2.02. The average Bonchev–Trinajstić information content (AvgIpc) is 2.70. The Balaban J connectivity index is 1.51. The molecule has 6 heteroatoms. The van der Waals surface area contributed by atoms with Crippen LogP contribution in [-0.2, 0) is 17.8 Å². The number of amides is 1. The fourth-order valence-corrected chi connectivity index (χ4v) is 2.83. The van der Waals surface area contributed by atoms with Crippen LogP contribution >= 0.6 is 27.5 Å². The highest BCUT2D eigenvalue weighted by molar-refractivity contribution is 9.10. The molecule has 3 aromatic carbocycles. The first-order valence-corrected chi connectivity index (χ1v) is 9.79. The van der Waals surface area contributed by atoms with Gasteiger partial charge >= 0.3 is 0 Å². The van der Waals surface area contributed by atoms with E-state index in [9.17, 15) is 4.79 Å². The molecule has 3 aromatic rings. The summed E-state index contributed by atoms with van der Waals surface area (Å²) in [5.74, 6) is 0.550. The van der Waals surface area contributed by atoms with Crippen LogP contribution in [-0.4, -0.2) is 12.1 Å². The molecular weight excluding hydrogens is 440 g/mol. The van der Waals surface area contributed by atoms with Crippen LogP contribution in [0.25, 0.3) is 0 Å². The molecule has 142 valence electrons. The van der Waals surface area contributed by atoms with Crippen molar-refractivity contribution >= 4 is 39.7 Å². The number of carbonyl (C=O) groups is 1. The molecule has 1 amide bonds. The molecule has 0 aromatic heterocycles. The molecule has 0 radical (unpaired) electrons. The monoisotopic (exact) mass is 456 g/mol. The zero-order valence-electron chi connectivity index (χ0n) is 14.9. The van der Waals surface area contributed by atoms with Gasteiger partial charge in [-0.05, 0) is 53.1 Å². The molecule has 0 aliphatic heterocycles. The molecule has 0 aliphatic rings. The predicted molar refractivity (Wildman–Crippen MR) is 116 cm³/mol. The zero-order valence-corrected chi connectivity index (χ0v) is 17.3. The topological polar surface area (TPSA) is 50.7 Å². The highest BCUT2D eigenvalue weighted by atomic mass is 79.9. The van der Waals surface area contributed by atoms with E-state index in [1.54, 1.807) is 6.21 Å². The van der Waals surface area contributed by atoms with E-state index < -0.39 is 0 Å². The first kappa shape index (κ1) is 20.1. The number of rotatable bonds is 7. The third-order valence-electron chi connectivity index (χ3n) is 3.86. The van der Waals surface area contributed by atoms with E-state index in [0.717, 1.165) is 26.9 Å². The van der Waals surface area contributed by atoms with E-state index in [1.807, 2.05) is 72.8 Å². The van der Waals surface area contributed by atoms with Crippen molar-refractivity contribution in [3.63, 3.8) is 0 Å². The van der Waals surface area contributed by atoms with Gasteiger partial charge in [-0.15, -0.1) is 0 Å². The summed E-state index contributed by atoms with van der Waals surface area (Å²) < 4.78 is 6.77. The van der Waals surface area contributed by atoms with Crippen LogP contribution in [0.4, 0.5) is 0 Å². The summed E-state index contributed by atoms with van der Waals surface area (Å²) in [6, 6.07) is 22.6. The lowest BCUT2D eigenvalue weighted by Gasteiger charge is -2.07. The molecule has 28 heavy (non-hydrogen) atoms. The molecule has 1 N–H and O–H groups in total. The normalized spacial score (nSPS) is 10.8. The maximum atomic E-state index is 12.0. The summed E-state index contributed by atoms with van der Waals surface area (Å²) in [6.45, 7) is 0.446. The smallest absolute Gasteiger partial charge is 0.244 e. The molecule has 0 bridgehead atoms. The van der Waals surface area contributed by atoms with Crippen LogP contribution in [0, 0.1) is 0 Å². The predicted octanol–water partition coefficient (Wildman–Crippen LogP) is 5.37. The molecular formula is C22H18BrClN2O2. The fourth-order valence-electron chi connectivity index (χ4n) is 2.44. The van der Waals surface area contributed by atoms with E-state index in [-0.39, 0.29) is 12.3 Å². The van der Waals surface area contributed by atoms with E-state index in [0.29, 0.717) is 11.6 Å². The van der Waals surface area contributed by atoms with E-state index in [1.165, 1.54) is 0 Å². The summed E-state index contributed by atoms with van der Waals surface area (Å²) in [6.07, 6.45) is 1.86. The van der Waals surface area contributed by atoms with Gasteiger partial charge in [-0.3, -0.25) is 4.79 Å². The van der Waals surface area contributed by atoms with Gasteiger partial charge in [-0.1, -0.05) is 63.9 Å². The Morgan fingerprint density at radius 2 is 1.75 bits per heavy atom. The standard InChI is InChI=1S/C22H18BrClN2O2/c23-19-8-4-16(5-9-19)13-22(27)26-25-14-18-2-1-3-21(12-18)28-15-17-6-10-20(24)11-7-17/h1-12,14H,13,15H2,(H,26,27)/b25-14+. The summed E-state index contributed by atoms with van der Waals surface area (Å²) in [4.78, 5) is 12.0. The molecule has 0 atom stereocenters. The van der Waals surface area contributed by atoms with Crippen molar-refractivity contribution in [1.29, 1.82) is 0 Å². The number of ether oxygens (including phenoxy) is 1. The van der Waals surface area contributed by atoms with Gasteiger partial charge in [0.15, 0.2) is 0 Å². The molecule has 0 unspecified atom stereocenters. The van der Waals surface area contributed by atoms with Crippen LogP contribution in [0.1, 0.15) is 16.7 Å². The summed E-state index contributed by atoms with van der Waals surface area (Å²) in [7, 11) is 0. The van der Waals surface area contributed by atoms with Crippen LogP contribution in [0.3, 0.4) is 0 Å². The third kappa shape index (κ3) is 6.51. The number of benzene rings is 3. The first-order valence-electron chi connectivity index (χ1n) is 8.62. The van der Waals surface area contributed by atoms with Crippen LogP contribution < -0.4 is 10.2 Å². The van der Waals surface area contributed by atoms with E-state index in [4.69, 9.17) is 16.3 Å². The van der Waals surface area contributed by atoms with E-state index in [2.05, 4.69) is 26.5 Å². The van der Waals surface area contributed by atoms with Gasteiger partial charge in [0, 0.05) is 9.50 Å². The van der Waals surface area contributed by atoms with Crippen molar-refractivity contribution in [2.24, 2.45) is 5.10 Å². The van der Waals surface area contributed by atoms with Crippen LogP contribution in [0.15, 0.2) is 82.4 Å². The Labute approximate surface area is 177 Å². The van der Waals surface area contributed by atoms with Gasteiger partial charge in [-0.2, -0.15) is 5.10 Å². The van der Waals surface area contributed by atoms with Gasteiger partial charge in [-0.25, -0.2) is 5.43 Å². The SMILES string of the molecule is O=C(Cc1ccc(Br)cc1)N/N=C/c1cccc(OCc2ccc(Cl)cc2)c1. The van der Waals surface area contributed by atoms with Crippen molar-refractivity contribution in [1.82, 2.24) is 5.43 Å². The third-order valence-corrected chi connectivity index (χ3v) is 4.64. The number of carbonyl (C=O) groups excluding carboxylic acids is 1. The molecule has 0 spiro atoms. The van der Waals surface area contributed by atoms with E-state index >= 15 is 0 Å². The Kier molecular flexibility index (Phi) is 7.23. The summed E-state index contributed by atoms with van der Waals surface area (Å²) in [5.41, 5.74) is 5.33. The minimum Gasteiger partial charge on any atom is -0.489 e. The van der Waals surface area contributed by atoms with Crippen molar-refractivity contribution in [2.45, 2.75) is 13.0 Å². The van der Waals surface area contributed by atoms with Crippen LogP contribution in [0.5, 0.6) is 5.75 Å². The molecule has 0 heterocycles. The lowest BCUT2D eigenvalue weighted by atomic mass is 10.1. The maximum absolute atomic E-state index is 12.0. The molecule has 0 saturated carbocycles. The zero-order chi connectivity index (χ0) is 19.8. The second-order valence-electron chi connectivity index (χ2n) is 6.08. The molecule has 0 aliphatic carbocycles. The van der Waals surface area contributed by atoms with Gasteiger partial charge in [0.25, 0.3) is 0 Å². The maximum Gasteiger partial charge on any atom is 0.244 e. The van der Waals surface area contributed by atoms with Crippen molar-refractivity contribution in [3.8, 4) is 5.75 Å². The van der Waals surface area contributed by atoms with Gasteiger partial charge in [0.1, 0.15) is 12.4 Å². The number of hydrogen-bond donors (Lipinski definition) is 1.